The highest BCUT2D eigenvalue weighted by atomic mass is 79.9. The van der Waals surface area contributed by atoms with Crippen molar-refractivity contribution in [3.05, 3.63) is 34.1 Å². The lowest BCUT2D eigenvalue weighted by molar-refractivity contribution is -0.0917. The molecule has 116 valence electrons. The molecule has 0 aromatic heterocycles. The van der Waals surface area contributed by atoms with Crippen LogP contribution in [0.2, 0.25) is 0 Å². The summed E-state index contributed by atoms with van der Waals surface area (Å²) in [5, 5.41) is 3.04. The minimum atomic E-state index is -0.367. The first-order chi connectivity index (χ1) is 9.99. The quantitative estimate of drug-likeness (QED) is 0.882. The third kappa shape index (κ3) is 3.83. The van der Waals surface area contributed by atoms with Gasteiger partial charge in [0, 0.05) is 18.2 Å². The summed E-state index contributed by atoms with van der Waals surface area (Å²) in [5.74, 6) is -0.530. The molecule has 1 N–H and O–H groups in total. The van der Waals surface area contributed by atoms with E-state index in [-0.39, 0.29) is 23.4 Å². The molecule has 0 bridgehead atoms. The highest BCUT2D eigenvalue weighted by Crippen LogP contribution is 2.31. The van der Waals surface area contributed by atoms with Gasteiger partial charge >= 0.3 is 0 Å². The molecule has 2 rings (SSSR count). The molecule has 0 saturated carbocycles. The van der Waals surface area contributed by atoms with Crippen LogP contribution in [0.5, 0.6) is 0 Å². The van der Waals surface area contributed by atoms with E-state index in [2.05, 4.69) is 35.1 Å². The van der Waals surface area contributed by atoms with E-state index in [1.807, 2.05) is 0 Å². The number of nitrogens with one attached hydrogen (secondary N) is 1. The molecule has 1 aliphatic rings. The summed E-state index contributed by atoms with van der Waals surface area (Å²) < 4.78 is 19.4. The van der Waals surface area contributed by atoms with Crippen molar-refractivity contribution in [1.82, 2.24) is 5.32 Å². The Balaban J connectivity index is 2.03. The number of rotatable bonds is 4. The van der Waals surface area contributed by atoms with Gasteiger partial charge in [-0.1, -0.05) is 13.8 Å². The number of amides is 1. The number of benzene rings is 1. The Morgan fingerprint density at radius 3 is 2.81 bits per heavy atom. The Hall–Kier alpha value is -0.940. The van der Waals surface area contributed by atoms with E-state index in [1.165, 1.54) is 18.2 Å². The zero-order valence-electron chi connectivity index (χ0n) is 12.4. The molecule has 3 nitrogen and oxygen atoms in total. The minimum absolute atomic E-state index is 0.106. The molecule has 1 atom stereocenters. The van der Waals surface area contributed by atoms with Crippen LogP contribution in [0.15, 0.2) is 22.7 Å². The fourth-order valence-corrected chi connectivity index (χ4v) is 3.18. The van der Waals surface area contributed by atoms with Crippen LogP contribution in [-0.2, 0) is 4.74 Å². The maximum atomic E-state index is 13.2. The number of ether oxygens (including phenoxy) is 1. The molecule has 1 heterocycles. The van der Waals surface area contributed by atoms with Crippen LogP contribution < -0.4 is 5.32 Å². The van der Waals surface area contributed by atoms with E-state index < -0.39 is 0 Å². The monoisotopic (exact) mass is 357 g/mol. The Labute approximate surface area is 133 Å². The lowest BCUT2D eigenvalue weighted by atomic mass is 9.86. The molecule has 5 heteroatoms. The van der Waals surface area contributed by atoms with Crippen molar-refractivity contribution in [3.8, 4) is 0 Å². The molecule has 1 aliphatic heterocycles. The Morgan fingerprint density at radius 2 is 2.19 bits per heavy atom. The lowest BCUT2D eigenvalue weighted by Gasteiger charge is -2.40. The molecule has 0 aliphatic carbocycles. The summed E-state index contributed by atoms with van der Waals surface area (Å²) in [4.78, 5) is 12.3. The van der Waals surface area contributed by atoms with Gasteiger partial charge in [-0.15, -0.1) is 0 Å². The van der Waals surface area contributed by atoms with Crippen LogP contribution in [0.4, 0.5) is 4.39 Å². The summed E-state index contributed by atoms with van der Waals surface area (Å²) in [6, 6.07) is 4.42. The molecular weight excluding hydrogens is 337 g/mol. The van der Waals surface area contributed by atoms with Gasteiger partial charge < -0.3 is 10.1 Å². The SMILES string of the molecule is CCC1(CC)CC(NC(=O)c2ccc(F)c(Br)c2)CCO1. The van der Waals surface area contributed by atoms with Crippen molar-refractivity contribution in [1.29, 1.82) is 0 Å². The summed E-state index contributed by atoms with van der Waals surface area (Å²) in [6.45, 7) is 4.90. The molecule has 1 unspecified atom stereocenters. The highest BCUT2D eigenvalue weighted by molar-refractivity contribution is 9.10. The van der Waals surface area contributed by atoms with Gasteiger partial charge in [-0.3, -0.25) is 4.79 Å². The predicted molar refractivity (Wildman–Crippen MR) is 83.9 cm³/mol. The van der Waals surface area contributed by atoms with Gasteiger partial charge in [0.05, 0.1) is 10.1 Å². The van der Waals surface area contributed by atoms with Crippen LogP contribution in [-0.4, -0.2) is 24.2 Å². The molecule has 1 fully saturated rings. The van der Waals surface area contributed by atoms with Gasteiger partial charge in [-0.25, -0.2) is 4.39 Å². The van der Waals surface area contributed by atoms with Crippen molar-refractivity contribution in [2.75, 3.05) is 6.61 Å². The van der Waals surface area contributed by atoms with Gasteiger partial charge in [-0.05, 0) is 59.8 Å². The largest absolute Gasteiger partial charge is 0.375 e. The number of halogens is 2. The van der Waals surface area contributed by atoms with E-state index in [9.17, 15) is 9.18 Å². The maximum absolute atomic E-state index is 13.2. The second-order valence-corrected chi connectivity index (χ2v) is 6.38. The van der Waals surface area contributed by atoms with Crippen LogP contribution >= 0.6 is 15.9 Å². The summed E-state index contributed by atoms with van der Waals surface area (Å²) in [5.41, 5.74) is 0.341. The lowest BCUT2D eigenvalue weighted by Crippen LogP contribution is -2.48. The molecule has 21 heavy (non-hydrogen) atoms. The number of carbonyl (C=O) groups excluding carboxylic acids is 1. The van der Waals surface area contributed by atoms with Crippen LogP contribution in [0, 0.1) is 5.82 Å². The van der Waals surface area contributed by atoms with Gasteiger partial charge in [0.15, 0.2) is 0 Å². The van der Waals surface area contributed by atoms with E-state index in [4.69, 9.17) is 4.74 Å². The normalized spacial score (nSPS) is 21.0. The molecule has 1 aromatic rings. The first-order valence-electron chi connectivity index (χ1n) is 7.39. The second kappa shape index (κ2) is 6.88. The third-order valence-electron chi connectivity index (χ3n) is 4.30. The maximum Gasteiger partial charge on any atom is 0.251 e. The van der Waals surface area contributed by atoms with Crippen LogP contribution in [0.1, 0.15) is 49.9 Å². The summed E-state index contributed by atoms with van der Waals surface area (Å²) in [6.07, 6.45) is 3.53. The first kappa shape index (κ1) is 16.4. The topological polar surface area (TPSA) is 38.3 Å². The molecule has 1 aromatic carbocycles. The van der Waals surface area contributed by atoms with Crippen molar-refractivity contribution >= 4 is 21.8 Å². The zero-order valence-corrected chi connectivity index (χ0v) is 14.0. The fourth-order valence-electron chi connectivity index (χ4n) is 2.80. The fraction of sp³-hybridized carbons (Fsp3) is 0.562. The third-order valence-corrected chi connectivity index (χ3v) is 4.91. The minimum Gasteiger partial charge on any atom is -0.375 e. The van der Waals surface area contributed by atoms with Gasteiger partial charge in [0.25, 0.3) is 5.91 Å². The Bertz CT molecular complexity index is 517. The van der Waals surface area contributed by atoms with Gasteiger partial charge in [0.1, 0.15) is 5.82 Å². The Kier molecular flexibility index (Phi) is 5.38. The van der Waals surface area contributed by atoms with Gasteiger partial charge in [0.2, 0.25) is 0 Å². The summed E-state index contributed by atoms with van der Waals surface area (Å²) in [7, 11) is 0. The van der Waals surface area contributed by atoms with Crippen LogP contribution in [0.25, 0.3) is 0 Å². The van der Waals surface area contributed by atoms with Crippen molar-refractivity contribution in [2.45, 2.75) is 51.2 Å². The molecule has 0 radical (unpaired) electrons. The first-order valence-corrected chi connectivity index (χ1v) is 8.19. The molecule has 0 spiro atoms. The number of carbonyl (C=O) groups is 1. The average molecular weight is 358 g/mol. The molecule has 1 amide bonds. The standard InChI is InChI=1S/C16H21BrFNO2/c1-3-16(4-2)10-12(7-8-21-16)19-15(20)11-5-6-14(18)13(17)9-11/h5-6,9,12H,3-4,7-8,10H2,1-2H3,(H,19,20). The van der Waals surface area contributed by atoms with E-state index >= 15 is 0 Å². The summed E-state index contributed by atoms with van der Waals surface area (Å²) >= 11 is 3.11. The van der Waals surface area contributed by atoms with Crippen molar-refractivity contribution in [2.24, 2.45) is 0 Å². The van der Waals surface area contributed by atoms with Crippen molar-refractivity contribution in [3.63, 3.8) is 0 Å². The molecule has 1 saturated heterocycles. The smallest absolute Gasteiger partial charge is 0.251 e. The zero-order chi connectivity index (χ0) is 15.5. The van der Waals surface area contributed by atoms with E-state index in [1.54, 1.807) is 0 Å². The second-order valence-electron chi connectivity index (χ2n) is 5.53. The van der Waals surface area contributed by atoms with Crippen molar-refractivity contribution < 1.29 is 13.9 Å². The van der Waals surface area contributed by atoms with E-state index in [0.29, 0.717) is 16.6 Å². The predicted octanol–water partition coefficient (Wildman–Crippen LogP) is 4.06. The van der Waals surface area contributed by atoms with E-state index in [0.717, 1.165) is 25.7 Å². The number of hydrogen-bond donors (Lipinski definition) is 1. The number of hydrogen-bond acceptors (Lipinski definition) is 2. The molecular formula is C16H21BrFNO2. The average Bonchev–Trinajstić information content (AvgIpc) is 2.50. The Morgan fingerprint density at radius 1 is 1.48 bits per heavy atom. The van der Waals surface area contributed by atoms with Crippen LogP contribution in [0.3, 0.4) is 0 Å². The highest BCUT2D eigenvalue weighted by Gasteiger charge is 2.35. The van der Waals surface area contributed by atoms with Gasteiger partial charge in [-0.2, -0.15) is 0 Å².